The number of hydrogen-bond donors (Lipinski definition) is 0. The zero-order valence-corrected chi connectivity index (χ0v) is 14.5. The average molecular weight is 386 g/mol. The number of aromatic nitrogens is 3. The van der Waals surface area contributed by atoms with E-state index in [2.05, 4.69) is 10.1 Å². The second-order valence-corrected chi connectivity index (χ2v) is 6.90. The summed E-state index contributed by atoms with van der Waals surface area (Å²) in [6.07, 6.45) is -0.847. The van der Waals surface area contributed by atoms with E-state index in [4.69, 9.17) is 11.6 Å². The molecule has 0 spiro atoms. The van der Waals surface area contributed by atoms with E-state index in [1.807, 2.05) is 9.80 Å². The van der Waals surface area contributed by atoms with Crippen molar-refractivity contribution in [1.29, 1.82) is 0 Å². The Bertz CT molecular complexity index is 903. The smallest absolute Gasteiger partial charge is 0.365 e. The normalized spacial score (nSPS) is 22.3. The summed E-state index contributed by atoms with van der Waals surface area (Å²) in [5.41, 5.74) is -0.184. The summed E-state index contributed by atoms with van der Waals surface area (Å²) in [6, 6.07) is 2.79. The molecule has 10 heteroatoms. The van der Waals surface area contributed by atoms with E-state index >= 15 is 0 Å². The van der Waals surface area contributed by atoms with Gasteiger partial charge in [-0.2, -0.15) is 18.3 Å². The SMILES string of the molecule is Cn1ncc(N2CC3CC(C2)N3c2ccnc(C(F)(F)F)c2)c(Cl)c1=O. The van der Waals surface area contributed by atoms with Crippen molar-refractivity contribution >= 4 is 23.0 Å². The van der Waals surface area contributed by atoms with Crippen LogP contribution >= 0.6 is 11.6 Å². The second-order valence-electron chi connectivity index (χ2n) is 6.53. The lowest BCUT2D eigenvalue weighted by atomic mass is 9.86. The Morgan fingerprint density at radius 2 is 1.96 bits per heavy atom. The molecule has 6 nitrogen and oxygen atoms in total. The summed E-state index contributed by atoms with van der Waals surface area (Å²) in [6.45, 7) is 1.13. The fourth-order valence-electron chi connectivity index (χ4n) is 3.69. The summed E-state index contributed by atoms with van der Waals surface area (Å²) in [5.74, 6) is 0. The van der Waals surface area contributed by atoms with E-state index in [0.29, 0.717) is 24.5 Å². The second kappa shape index (κ2) is 5.87. The first-order valence-corrected chi connectivity index (χ1v) is 8.42. The van der Waals surface area contributed by atoms with Crippen molar-refractivity contribution < 1.29 is 13.2 Å². The number of pyridine rings is 1. The highest BCUT2D eigenvalue weighted by molar-refractivity contribution is 6.33. The van der Waals surface area contributed by atoms with Gasteiger partial charge < -0.3 is 9.80 Å². The van der Waals surface area contributed by atoms with E-state index in [1.54, 1.807) is 12.3 Å². The van der Waals surface area contributed by atoms with E-state index in [-0.39, 0.29) is 22.7 Å². The van der Waals surface area contributed by atoms with Gasteiger partial charge in [0, 0.05) is 44.1 Å². The van der Waals surface area contributed by atoms with Crippen LogP contribution in [0.4, 0.5) is 24.5 Å². The number of nitrogens with zero attached hydrogens (tertiary/aromatic N) is 5. The molecule has 0 radical (unpaired) electrons. The first-order chi connectivity index (χ1) is 12.3. The molecule has 2 atom stereocenters. The van der Waals surface area contributed by atoms with E-state index in [9.17, 15) is 18.0 Å². The molecule has 2 aromatic heterocycles. The average Bonchev–Trinajstić information content (AvgIpc) is 2.59. The Kier molecular flexibility index (Phi) is 3.87. The molecule has 26 heavy (non-hydrogen) atoms. The van der Waals surface area contributed by atoms with Crippen LogP contribution in [0.3, 0.4) is 0 Å². The van der Waals surface area contributed by atoms with Gasteiger partial charge in [-0.25, -0.2) is 4.68 Å². The fourth-order valence-corrected chi connectivity index (χ4v) is 3.98. The predicted octanol–water partition coefficient (Wildman–Crippen LogP) is 2.32. The van der Waals surface area contributed by atoms with E-state index in [0.717, 1.165) is 12.5 Å². The number of hydrogen-bond acceptors (Lipinski definition) is 5. The Balaban J connectivity index is 1.57. The first kappa shape index (κ1) is 17.1. The topological polar surface area (TPSA) is 54.3 Å². The molecule has 0 saturated carbocycles. The molecule has 2 unspecified atom stereocenters. The van der Waals surface area contributed by atoms with Crippen molar-refractivity contribution in [3.05, 3.63) is 45.6 Å². The number of fused-ring (bicyclic) bond motifs is 2. The molecular weight excluding hydrogens is 371 g/mol. The van der Waals surface area contributed by atoms with Gasteiger partial charge in [0.15, 0.2) is 0 Å². The maximum absolute atomic E-state index is 12.9. The first-order valence-electron chi connectivity index (χ1n) is 8.04. The lowest BCUT2D eigenvalue weighted by Crippen LogP contribution is -2.69. The zero-order chi connectivity index (χ0) is 18.6. The van der Waals surface area contributed by atoms with Gasteiger partial charge in [0.25, 0.3) is 5.56 Å². The van der Waals surface area contributed by atoms with Crippen LogP contribution in [0, 0.1) is 0 Å². The maximum atomic E-state index is 12.9. The molecule has 5 rings (SSSR count). The standard InChI is InChI=1S/C16H15ClF3N5O/c1-23-15(26)14(17)12(6-22-23)24-7-10-4-11(8-24)25(10)9-2-3-21-13(5-9)16(18,19)20/h2-3,5-6,10-11H,4,7-8H2,1H3. The minimum Gasteiger partial charge on any atom is -0.365 e. The van der Waals surface area contributed by atoms with Crippen molar-refractivity contribution in [2.24, 2.45) is 7.05 Å². The number of aryl methyl sites for hydroxylation is 1. The van der Waals surface area contributed by atoms with Crippen molar-refractivity contribution in [3.8, 4) is 0 Å². The minimum absolute atomic E-state index is 0.0531. The zero-order valence-electron chi connectivity index (χ0n) is 13.7. The van der Waals surface area contributed by atoms with Crippen molar-refractivity contribution in [2.45, 2.75) is 24.7 Å². The van der Waals surface area contributed by atoms with Crippen LogP contribution < -0.4 is 15.4 Å². The summed E-state index contributed by atoms with van der Waals surface area (Å²) in [5, 5.41) is 4.11. The Hall–Kier alpha value is -2.29. The number of alkyl halides is 3. The molecule has 0 amide bonds. The van der Waals surface area contributed by atoms with Crippen molar-refractivity contribution in [3.63, 3.8) is 0 Å². The van der Waals surface area contributed by atoms with Gasteiger partial charge in [0.2, 0.25) is 0 Å². The summed E-state index contributed by atoms with van der Waals surface area (Å²) < 4.78 is 39.9. The molecular formula is C16H15ClF3N5O. The third kappa shape index (κ3) is 2.70. The number of rotatable bonds is 2. The van der Waals surface area contributed by atoms with Crippen LogP contribution in [-0.4, -0.2) is 39.9 Å². The number of anilines is 2. The monoisotopic (exact) mass is 385 g/mol. The Morgan fingerprint density at radius 1 is 1.27 bits per heavy atom. The predicted molar refractivity (Wildman–Crippen MR) is 90.6 cm³/mol. The third-order valence-corrected chi connectivity index (χ3v) is 5.28. The number of piperidine rings is 1. The van der Waals surface area contributed by atoms with Gasteiger partial charge >= 0.3 is 6.18 Å². The third-order valence-electron chi connectivity index (χ3n) is 4.93. The maximum Gasteiger partial charge on any atom is 0.433 e. The van der Waals surface area contributed by atoms with Crippen molar-refractivity contribution in [2.75, 3.05) is 22.9 Å². The fraction of sp³-hybridized carbons (Fsp3) is 0.438. The van der Waals surface area contributed by atoms with Crippen LogP contribution in [0.2, 0.25) is 5.02 Å². The molecule has 2 bridgehead atoms. The molecule has 0 N–H and O–H groups in total. The highest BCUT2D eigenvalue weighted by Gasteiger charge is 2.46. The van der Waals surface area contributed by atoms with Crippen LogP contribution in [0.5, 0.6) is 0 Å². The molecule has 5 heterocycles. The molecule has 3 saturated heterocycles. The van der Waals surface area contributed by atoms with Crippen LogP contribution in [0.15, 0.2) is 29.3 Å². The molecule has 138 valence electrons. The molecule has 3 aliphatic heterocycles. The molecule has 0 aromatic carbocycles. The lowest BCUT2D eigenvalue weighted by molar-refractivity contribution is -0.141. The van der Waals surface area contributed by atoms with Crippen LogP contribution in [0.1, 0.15) is 12.1 Å². The largest absolute Gasteiger partial charge is 0.433 e. The van der Waals surface area contributed by atoms with Gasteiger partial charge in [-0.15, -0.1) is 0 Å². The van der Waals surface area contributed by atoms with Gasteiger partial charge in [-0.1, -0.05) is 11.6 Å². The van der Waals surface area contributed by atoms with Crippen LogP contribution in [-0.2, 0) is 13.2 Å². The number of piperazine rings is 1. The van der Waals surface area contributed by atoms with Crippen molar-refractivity contribution in [1.82, 2.24) is 14.8 Å². The Morgan fingerprint density at radius 3 is 2.62 bits per heavy atom. The van der Waals surface area contributed by atoms with Gasteiger partial charge in [0.1, 0.15) is 10.7 Å². The molecule has 3 aliphatic rings. The summed E-state index contributed by atoms with van der Waals surface area (Å²) in [4.78, 5) is 19.3. The van der Waals surface area contributed by atoms with Crippen LogP contribution in [0.25, 0.3) is 0 Å². The quantitative estimate of drug-likeness (QED) is 0.794. The summed E-state index contributed by atoms with van der Waals surface area (Å²) >= 11 is 6.16. The van der Waals surface area contributed by atoms with Gasteiger partial charge in [-0.05, 0) is 18.6 Å². The minimum atomic E-state index is -4.47. The van der Waals surface area contributed by atoms with E-state index < -0.39 is 11.9 Å². The van der Waals surface area contributed by atoms with E-state index in [1.165, 1.54) is 17.9 Å². The highest BCUT2D eigenvalue weighted by atomic mass is 35.5. The summed E-state index contributed by atoms with van der Waals surface area (Å²) in [7, 11) is 1.52. The van der Waals surface area contributed by atoms with Gasteiger partial charge in [-0.3, -0.25) is 9.78 Å². The molecule has 2 aromatic rings. The highest BCUT2D eigenvalue weighted by Crippen LogP contribution is 2.40. The number of halogens is 4. The van der Waals surface area contributed by atoms with Gasteiger partial charge in [0.05, 0.1) is 11.9 Å². The molecule has 3 fully saturated rings. The Labute approximate surface area is 151 Å². The molecule has 0 aliphatic carbocycles. The lowest BCUT2D eigenvalue weighted by Gasteiger charge is -2.58.